The Balaban J connectivity index is 1.91. The van der Waals surface area contributed by atoms with E-state index in [1.165, 1.54) is 6.26 Å². The molecule has 1 aromatic heterocycles. The smallest absolute Gasteiger partial charge is 0.287 e. The minimum atomic E-state index is -0.264. The Morgan fingerprint density at radius 2 is 1.65 bits per heavy atom. The van der Waals surface area contributed by atoms with Crippen molar-refractivity contribution in [1.29, 1.82) is 0 Å². The highest BCUT2D eigenvalue weighted by atomic mass is 16.5. The van der Waals surface area contributed by atoms with Gasteiger partial charge in [-0.3, -0.25) is 4.79 Å². The maximum atomic E-state index is 12.4. The lowest BCUT2D eigenvalue weighted by Crippen LogP contribution is -2.29. The average Bonchev–Trinajstić information content (AvgIpc) is 3.15. The fraction of sp³-hybridized carbons (Fsp3) is 0.105. The molecule has 3 aromatic rings. The van der Waals surface area contributed by atoms with Gasteiger partial charge in [0.25, 0.3) is 5.91 Å². The standard InChI is InChI=1S/C19H17NO3/c1-22-16-11-9-15(10-12-16)18(14-6-3-2-4-7-14)20-19(21)17-8-5-13-23-17/h2-13,18H,1H3,(H,20,21)/t18-/m1/s1. The van der Waals surface area contributed by atoms with Gasteiger partial charge in [-0.1, -0.05) is 42.5 Å². The number of nitrogens with one attached hydrogen (secondary N) is 1. The van der Waals surface area contributed by atoms with E-state index in [9.17, 15) is 4.79 Å². The monoisotopic (exact) mass is 307 g/mol. The molecule has 0 fully saturated rings. The second-order valence-electron chi connectivity index (χ2n) is 5.07. The van der Waals surface area contributed by atoms with E-state index in [-0.39, 0.29) is 11.9 Å². The maximum Gasteiger partial charge on any atom is 0.287 e. The Morgan fingerprint density at radius 3 is 2.26 bits per heavy atom. The van der Waals surface area contributed by atoms with Crippen molar-refractivity contribution in [2.24, 2.45) is 0 Å². The molecule has 0 saturated carbocycles. The van der Waals surface area contributed by atoms with Crippen molar-refractivity contribution in [3.63, 3.8) is 0 Å². The van der Waals surface area contributed by atoms with Gasteiger partial charge in [-0.05, 0) is 35.4 Å². The molecular weight excluding hydrogens is 290 g/mol. The number of furan rings is 1. The highest BCUT2D eigenvalue weighted by Gasteiger charge is 2.19. The molecular formula is C19H17NO3. The van der Waals surface area contributed by atoms with Gasteiger partial charge >= 0.3 is 0 Å². The Kier molecular flexibility index (Phi) is 4.43. The molecule has 116 valence electrons. The SMILES string of the molecule is COc1ccc([C@H](NC(=O)c2ccco2)c2ccccc2)cc1. The third-order valence-corrected chi connectivity index (χ3v) is 3.60. The van der Waals surface area contributed by atoms with E-state index >= 15 is 0 Å². The minimum absolute atomic E-state index is 0.250. The van der Waals surface area contributed by atoms with Crippen LogP contribution in [-0.2, 0) is 0 Å². The van der Waals surface area contributed by atoms with Gasteiger partial charge in [-0.25, -0.2) is 0 Å². The fourth-order valence-electron chi connectivity index (χ4n) is 2.41. The Labute approximate surface area is 134 Å². The molecule has 0 aliphatic carbocycles. The second-order valence-corrected chi connectivity index (χ2v) is 5.07. The summed E-state index contributed by atoms with van der Waals surface area (Å²) in [5.41, 5.74) is 1.97. The van der Waals surface area contributed by atoms with E-state index in [1.54, 1.807) is 19.2 Å². The van der Waals surface area contributed by atoms with Gasteiger partial charge in [0.05, 0.1) is 19.4 Å². The van der Waals surface area contributed by atoms with E-state index in [0.29, 0.717) is 5.76 Å². The minimum Gasteiger partial charge on any atom is -0.497 e. The Bertz CT molecular complexity index is 749. The van der Waals surface area contributed by atoms with Crippen LogP contribution in [-0.4, -0.2) is 13.0 Å². The first kappa shape index (κ1) is 14.9. The molecule has 1 heterocycles. The number of hydrogen-bond donors (Lipinski definition) is 1. The molecule has 0 unspecified atom stereocenters. The molecule has 0 saturated heterocycles. The van der Waals surface area contributed by atoms with E-state index in [1.807, 2.05) is 54.6 Å². The van der Waals surface area contributed by atoms with Crippen LogP contribution < -0.4 is 10.1 Å². The fourth-order valence-corrected chi connectivity index (χ4v) is 2.41. The highest BCUT2D eigenvalue weighted by molar-refractivity contribution is 5.91. The summed E-state index contributed by atoms with van der Waals surface area (Å²) in [5.74, 6) is 0.817. The molecule has 1 amide bonds. The zero-order chi connectivity index (χ0) is 16.1. The molecule has 23 heavy (non-hydrogen) atoms. The summed E-state index contributed by atoms with van der Waals surface area (Å²) in [6.45, 7) is 0. The quantitative estimate of drug-likeness (QED) is 0.780. The lowest BCUT2D eigenvalue weighted by molar-refractivity contribution is 0.0915. The summed E-state index contributed by atoms with van der Waals surface area (Å²) in [5, 5.41) is 3.02. The van der Waals surface area contributed by atoms with Crippen LogP contribution in [0, 0.1) is 0 Å². The van der Waals surface area contributed by atoms with Gasteiger partial charge in [0, 0.05) is 0 Å². The van der Waals surface area contributed by atoms with Crippen molar-refractivity contribution in [2.45, 2.75) is 6.04 Å². The normalized spacial score (nSPS) is 11.7. The first-order valence-electron chi connectivity index (χ1n) is 7.31. The predicted molar refractivity (Wildman–Crippen MR) is 87.5 cm³/mol. The molecule has 0 aliphatic heterocycles. The highest BCUT2D eigenvalue weighted by Crippen LogP contribution is 2.24. The lowest BCUT2D eigenvalue weighted by atomic mass is 9.98. The molecule has 4 heteroatoms. The largest absolute Gasteiger partial charge is 0.497 e. The number of methoxy groups -OCH3 is 1. The summed E-state index contributed by atoms with van der Waals surface area (Å²) >= 11 is 0. The van der Waals surface area contributed by atoms with Crippen LogP contribution in [0.3, 0.4) is 0 Å². The summed E-state index contributed by atoms with van der Waals surface area (Å²) < 4.78 is 10.4. The van der Waals surface area contributed by atoms with Crippen LogP contribution in [0.15, 0.2) is 77.4 Å². The molecule has 0 aliphatic rings. The van der Waals surface area contributed by atoms with Crippen LogP contribution in [0.2, 0.25) is 0 Å². The van der Waals surface area contributed by atoms with Crippen molar-refractivity contribution in [2.75, 3.05) is 7.11 Å². The summed E-state index contributed by atoms with van der Waals surface area (Å²) in [6, 6.07) is 20.5. The second kappa shape index (κ2) is 6.83. The number of rotatable bonds is 5. The summed E-state index contributed by atoms with van der Waals surface area (Å²) in [4.78, 5) is 12.4. The van der Waals surface area contributed by atoms with Crippen molar-refractivity contribution in [3.05, 3.63) is 89.9 Å². The van der Waals surface area contributed by atoms with Crippen LogP contribution in [0.25, 0.3) is 0 Å². The van der Waals surface area contributed by atoms with E-state index in [4.69, 9.17) is 9.15 Å². The van der Waals surface area contributed by atoms with Crippen LogP contribution in [0.5, 0.6) is 5.75 Å². The lowest BCUT2D eigenvalue weighted by Gasteiger charge is -2.19. The average molecular weight is 307 g/mol. The van der Waals surface area contributed by atoms with Gasteiger partial charge in [-0.15, -0.1) is 0 Å². The molecule has 0 spiro atoms. The zero-order valence-electron chi connectivity index (χ0n) is 12.7. The molecule has 3 rings (SSSR count). The zero-order valence-corrected chi connectivity index (χ0v) is 12.7. The van der Waals surface area contributed by atoms with Gasteiger partial charge in [0.2, 0.25) is 0 Å². The van der Waals surface area contributed by atoms with E-state index in [2.05, 4.69) is 5.32 Å². The number of benzene rings is 2. The predicted octanol–water partition coefficient (Wildman–Crippen LogP) is 3.81. The number of hydrogen-bond acceptors (Lipinski definition) is 3. The van der Waals surface area contributed by atoms with Crippen LogP contribution in [0.4, 0.5) is 0 Å². The third-order valence-electron chi connectivity index (χ3n) is 3.60. The maximum absolute atomic E-state index is 12.4. The van der Waals surface area contributed by atoms with E-state index < -0.39 is 0 Å². The number of amides is 1. The van der Waals surface area contributed by atoms with Crippen molar-refractivity contribution in [3.8, 4) is 5.75 Å². The van der Waals surface area contributed by atoms with Gasteiger partial charge in [0.15, 0.2) is 5.76 Å². The summed E-state index contributed by atoms with van der Waals surface area (Å²) in [7, 11) is 1.63. The number of carbonyl (C=O) groups is 1. The number of ether oxygens (including phenoxy) is 1. The first-order valence-corrected chi connectivity index (χ1v) is 7.31. The molecule has 1 atom stereocenters. The van der Waals surface area contributed by atoms with Gasteiger partial charge < -0.3 is 14.5 Å². The van der Waals surface area contributed by atoms with Crippen molar-refractivity contribution in [1.82, 2.24) is 5.32 Å². The first-order chi connectivity index (χ1) is 11.3. The molecule has 0 bridgehead atoms. The molecule has 1 N–H and O–H groups in total. The molecule has 0 radical (unpaired) electrons. The third kappa shape index (κ3) is 3.43. The van der Waals surface area contributed by atoms with E-state index in [0.717, 1.165) is 16.9 Å². The van der Waals surface area contributed by atoms with Crippen LogP contribution in [0.1, 0.15) is 27.7 Å². The topological polar surface area (TPSA) is 51.5 Å². The van der Waals surface area contributed by atoms with Crippen LogP contribution >= 0.6 is 0 Å². The Morgan fingerprint density at radius 1 is 0.957 bits per heavy atom. The molecule has 2 aromatic carbocycles. The van der Waals surface area contributed by atoms with Gasteiger partial charge in [-0.2, -0.15) is 0 Å². The number of carbonyl (C=O) groups excluding carboxylic acids is 1. The van der Waals surface area contributed by atoms with Gasteiger partial charge in [0.1, 0.15) is 5.75 Å². The van der Waals surface area contributed by atoms with Crippen molar-refractivity contribution < 1.29 is 13.9 Å². The molecule has 4 nitrogen and oxygen atoms in total. The summed E-state index contributed by atoms with van der Waals surface area (Å²) in [6.07, 6.45) is 1.49. The Hall–Kier alpha value is -3.01. The van der Waals surface area contributed by atoms with Crippen molar-refractivity contribution >= 4 is 5.91 Å².